The van der Waals surface area contributed by atoms with E-state index < -0.39 is 0 Å². The summed E-state index contributed by atoms with van der Waals surface area (Å²) in [5.74, 6) is 0.647. The molecule has 4 heteroatoms. The standard InChI is InChI=1S/C18H18FNO2/c19-16-4-2-1-3-14(16)7-9-20-18(21)12-13-5-6-17-15(11-13)8-10-22-17/h1-6,11H,7-10,12H2,(H,20,21). The maximum atomic E-state index is 13.5. The van der Waals surface area contributed by atoms with Gasteiger partial charge in [-0.2, -0.15) is 0 Å². The van der Waals surface area contributed by atoms with E-state index in [9.17, 15) is 9.18 Å². The molecule has 0 fully saturated rings. The molecule has 0 aliphatic carbocycles. The summed E-state index contributed by atoms with van der Waals surface area (Å²) < 4.78 is 18.9. The molecule has 1 amide bonds. The second kappa shape index (κ2) is 6.60. The zero-order valence-electron chi connectivity index (χ0n) is 12.3. The number of nitrogens with one attached hydrogen (secondary N) is 1. The molecule has 3 nitrogen and oxygen atoms in total. The topological polar surface area (TPSA) is 38.3 Å². The molecule has 2 aromatic carbocycles. The van der Waals surface area contributed by atoms with Gasteiger partial charge < -0.3 is 10.1 Å². The van der Waals surface area contributed by atoms with Gasteiger partial charge in [0.25, 0.3) is 0 Å². The van der Waals surface area contributed by atoms with Gasteiger partial charge in [-0.3, -0.25) is 4.79 Å². The third kappa shape index (κ3) is 3.45. The summed E-state index contributed by atoms with van der Waals surface area (Å²) in [5.41, 5.74) is 2.77. The molecule has 3 rings (SSSR count). The minimum Gasteiger partial charge on any atom is -0.493 e. The zero-order chi connectivity index (χ0) is 15.4. The van der Waals surface area contributed by atoms with E-state index >= 15 is 0 Å². The first-order valence-electron chi connectivity index (χ1n) is 7.47. The number of carbonyl (C=O) groups excluding carboxylic acids is 1. The Morgan fingerprint density at radius 1 is 1.23 bits per heavy atom. The Labute approximate surface area is 129 Å². The molecule has 0 bridgehead atoms. The summed E-state index contributed by atoms with van der Waals surface area (Å²) in [6, 6.07) is 12.5. The van der Waals surface area contributed by atoms with Crippen molar-refractivity contribution < 1.29 is 13.9 Å². The summed E-state index contributed by atoms with van der Waals surface area (Å²) >= 11 is 0. The number of hydrogen-bond donors (Lipinski definition) is 1. The Hall–Kier alpha value is -2.36. The van der Waals surface area contributed by atoms with Crippen molar-refractivity contribution >= 4 is 5.91 Å². The van der Waals surface area contributed by atoms with Crippen molar-refractivity contribution in [3.63, 3.8) is 0 Å². The molecule has 2 aromatic rings. The highest BCUT2D eigenvalue weighted by Crippen LogP contribution is 2.25. The minimum atomic E-state index is -0.227. The Kier molecular flexibility index (Phi) is 4.37. The van der Waals surface area contributed by atoms with Gasteiger partial charge in [0, 0.05) is 13.0 Å². The predicted molar refractivity (Wildman–Crippen MR) is 82.5 cm³/mol. The summed E-state index contributed by atoms with van der Waals surface area (Å²) in [7, 11) is 0. The van der Waals surface area contributed by atoms with Gasteiger partial charge >= 0.3 is 0 Å². The molecule has 22 heavy (non-hydrogen) atoms. The first-order chi connectivity index (χ1) is 10.7. The van der Waals surface area contributed by atoms with E-state index in [1.54, 1.807) is 18.2 Å². The Morgan fingerprint density at radius 3 is 2.95 bits per heavy atom. The highest BCUT2D eigenvalue weighted by molar-refractivity contribution is 5.78. The van der Waals surface area contributed by atoms with Crippen LogP contribution in [-0.2, 0) is 24.1 Å². The first kappa shape index (κ1) is 14.6. The first-order valence-corrected chi connectivity index (χ1v) is 7.47. The molecule has 1 aliphatic rings. The highest BCUT2D eigenvalue weighted by Gasteiger charge is 2.13. The quantitative estimate of drug-likeness (QED) is 0.922. The Bertz CT molecular complexity index is 685. The largest absolute Gasteiger partial charge is 0.493 e. The average Bonchev–Trinajstić information content (AvgIpc) is 2.97. The maximum Gasteiger partial charge on any atom is 0.224 e. The van der Waals surface area contributed by atoms with Crippen LogP contribution in [0.25, 0.3) is 0 Å². The number of fused-ring (bicyclic) bond motifs is 1. The summed E-state index contributed by atoms with van der Waals surface area (Å²) in [6.45, 7) is 1.15. The van der Waals surface area contributed by atoms with Crippen molar-refractivity contribution in [2.24, 2.45) is 0 Å². The number of carbonyl (C=O) groups is 1. The second-order valence-corrected chi connectivity index (χ2v) is 5.41. The molecule has 0 saturated carbocycles. The molecule has 1 aliphatic heterocycles. The van der Waals surface area contributed by atoms with Crippen LogP contribution in [0, 0.1) is 5.82 Å². The molecular weight excluding hydrogens is 281 g/mol. The fourth-order valence-electron chi connectivity index (χ4n) is 2.64. The lowest BCUT2D eigenvalue weighted by molar-refractivity contribution is -0.120. The van der Waals surface area contributed by atoms with E-state index in [2.05, 4.69) is 5.32 Å². The van der Waals surface area contributed by atoms with Gasteiger partial charge in [-0.05, 0) is 35.2 Å². The van der Waals surface area contributed by atoms with Crippen molar-refractivity contribution in [1.29, 1.82) is 0 Å². The maximum absolute atomic E-state index is 13.5. The summed E-state index contributed by atoms with van der Waals surface area (Å²) in [4.78, 5) is 12.0. The smallest absolute Gasteiger partial charge is 0.224 e. The van der Waals surface area contributed by atoms with E-state index in [0.717, 1.165) is 23.3 Å². The molecule has 0 atom stereocenters. The number of ether oxygens (including phenoxy) is 1. The van der Waals surface area contributed by atoms with Crippen LogP contribution < -0.4 is 10.1 Å². The predicted octanol–water partition coefficient (Wildman–Crippen LogP) is 2.66. The van der Waals surface area contributed by atoms with E-state index in [1.165, 1.54) is 6.07 Å². The lowest BCUT2D eigenvalue weighted by Gasteiger charge is -2.07. The number of rotatable bonds is 5. The Morgan fingerprint density at radius 2 is 2.09 bits per heavy atom. The molecule has 114 valence electrons. The molecule has 0 radical (unpaired) electrons. The van der Waals surface area contributed by atoms with Crippen LogP contribution in [0.2, 0.25) is 0 Å². The molecule has 0 saturated heterocycles. The molecule has 0 aromatic heterocycles. The summed E-state index contributed by atoms with van der Waals surface area (Å²) in [5, 5.41) is 2.84. The third-order valence-corrected chi connectivity index (χ3v) is 3.79. The Balaban J connectivity index is 1.49. The van der Waals surface area contributed by atoms with Crippen LogP contribution in [0.15, 0.2) is 42.5 Å². The van der Waals surface area contributed by atoms with Gasteiger partial charge in [-0.25, -0.2) is 4.39 Å². The van der Waals surface area contributed by atoms with Gasteiger partial charge in [0.1, 0.15) is 11.6 Å². The SMILES string of the molecule is O=C(Cc1ccc2c(c1)CCO2)NCCc1ccccc1F. The van der Waals surface area contributed by atoms with Gasteiger partial charge in [0.05, 0.1) is 13.0 Å². The number of hydrogen-bond acceptors (Lipinski definition) is 2. The summed E-state index contributed by atoms with van der Waals surface area (Å²) in [6.07, 6.45) is 1.74. The van der Waals surface area contributed by atoms with Crippen molar-refractivity contribution in [2.45, 2.75) is 19.3 Å². The zero-order valence-corrected chi connectivity index (χ0v) is 12.3. The number of halogens is 1. The lowest BCUT2D eigenvalue weighted by atomic mass is 10.1. The molecule has 0 spiro atoms. The van der Waals surface area contributed by atoms with Gasteiger partial charge in [0.15, 0.2) is 0 Å². The van der Waals surface area contributed by atoms with Gasteiger partial charge in [0.2, 0.25) is 5.91 Å². The van der Waals surface area contributed by atoms with Crippen LogP contribution in [0.4, 0.5) is 4.39 Å². The van der Waals surface area contributed by atoms with E-state index in [0.29, 0.717) is 31.6 Å². The fourth-order valence-corrected chi connectivity index (χ4v) is 2.64. The highest BCUT2D eigenvalue weighted by atomic mass is 19.1. The van der Waals surface area contributed by atoms with Crippen molar-refractivity contribution in [1.82, 2.24) is 5.32 Å². The molecule has 0 unspecified atom stereocenters. The molecule has 1 N–H and O–H groups in total. The van der Waals surface area contributed by atoms with Crippen LogP contribution in [0.1, 0.15) is 16.7 Å². The molecule has 1 heterocycles. The van der Waals surface area contributed by atoms with Crippen LogP contribution in [0.3, 0.4) is 0 Å². The van der Waals surface area contributed by atoms with Crippen LogP contribution in [-0.4, -0.2) is 19.1 Å². The van der Waals surface area contributed by atoms with Gasteiger partial charge in [-0.1, -0.05) is 30.3 Å². The van der Waals surface area contributed by atoms with Crippen LogP contribution >= 0.6 is 0 Å². The van der Waals surface area contributed by atoms with Crippen molar-refractivity contribution in [2.75, 3.05) is 13.2 Å². The van der Waals surface area contributed by atoms with Crippen molar-refractivity contribution in [3.8, 4) is 5.75 Å². The minimum absolute atomic E-state index is 0.0461. The van der Waals surface area contributed by atoms with Crippen molar-refractivity contribution in [3.05, 3.63) is 65.0 Å². The molecular formula is C18H18FNO2. The van der Waals surface area contributed by atoms with E-state index in [1.807, 2.05) is 18.2 Å². The number of amides is 1. The van der Waals surface area contributed by atoms with Gasteiger partial charge in [-0.15, -0.1) is 0 Å². The second-order valence-electron chi connectivity index (χ2n) is 5.41. The fraction of sp³-hybridized carbons (Fsp3) is 0.278. The average molecular weight is 299 g/mol. The van der Waals surface area contributed by atoms with E-state index in [4.69, 9.17) is 4.74 Å². The normalized spacial score (nSPS) is 12.6. The third-order valence-electron chi connectivity index (χ3n) is 3.79. The number of benzene rings is 2. The van der Waals surface area contributed by atoms with E-state index in [-0.39, 0.29) is 11.7 Å². The monoisotopic (exact) mass is 299 g/mol. The lowest BCUT2D eigenvalue weighted by Crippen LogP contribution is -2.27. The van der Waals surface area contributed by atoms with Crippen LogP contribution in [0.5, 0.6) is 5.75 Å².